The monoisotopic (exact) mass is 152 g/mol. The van der Waals surface area contributed by atoms with Crippen molar-refractivity contribution in [2.24, 2.45) is 10.5 Å². The molecular formula is C9H16N2. The summed E-state index contributed by atoms with van der Waals surface area (Å²) in [7, 11) is 0. The van der Waals surface area contributed by atoms with Crippen molar-refractivity contribution in [2.75, 3.05) is 0 Å². The molecule has 0 amide bonds. The van der Waals surface area contributed by atoms with Crippen LogP contribution in [0.1, 0.15) is 39.5 Å². The molecular weight excluding hydrogens is 136 g/mol. The Labute approximate surface area is 68.1 Å². The highest BCUT2D eigenvalue weighted by Crippen LogP contribution is 2.37. The lowest BCUT2D eigenvalue weighted by Crippen LogP contribution is -2.33. The van der Waals surface area contributed by atoms with Crippen molar-refractivity contribution in [3.63, 3.8) is 0 Å². The van der Waals surface area contributed by atoms with Gasteiger partial charge in [0, 0.05) is 11.8 Å². The number of hydrogen-bond acceptors (Lipinski definition) is 2. The highest BCUT2D eigenvalue weighted by molar-refractivity contribution is 5.91. The summed E-state index contributed by atoms with van der Waals surface area (Å²) in [5, 5.41) is 4.35. The zero-order chi connectivity index (χ0) is 7.90. The largest absolute Gasteiger partial charge is 0.307 e. The van der Waals surface area contributed by atoms with E-state index in [0.717, 1.165) is 0 Å². The van der Waals surface area contributed by atoms with Crippen LogP contribution in [0, 0.1) is 5.41 Å². The molecule has 0 radical (unpaired) electrons. The molecule has 1 N–H and O–H groups in total. The van der Waals surface area contributed by atoms with Crippen molar-refractivity contribution in [1.82, 2.24) is 5.43 Å². The topological polar surface area (TPSA) is 24.4 Å². The van der Waals surface area contributed by atoms with Crippen LogP contribution in [0.2, 0.25) is 0 Å². The van der Waals surface area contributed by atoms with Gasteiger partial charge in [-0.2, -0.15) is 5.10 Å². The summed E-state index contributed by atoms with van der Waals surface area (Å²) >= 11 is 0. The van der Waals surface area contributed by atoms with Gasteiger partial charge in [0.1, 0.15) is 0 Å². The van der Waals surface area contributed by atoms with Gasteiger partial charge in [-0.25, -0.2) is 0 Å². The summed E-state index contributed by atoms with van der Waals surface area (Å²) in [6.07, 6.45) is 5.01. The fourth-order valence-corrected chi connectivity index (χ4v) is 1.53. The maximum atomic E-state index is 4.35. The molecule has 0 aromatic carbocycles. The van der Waals surface area contributed by atoms with E-state index >= 15 is 0 Å². The van der Waals surface area contributed by atoms with Crippen LogP contribution in [0.3, 0.4) is 0 Å². The van der Waals surface area contributed by atoms with Gasteiger partial charge in [-0.3, -0.25) is 0 Å². The second-order valence-electron chi connectivity index (χ2n) is 4.60. The van der Waals surface area contributed by atoms with Crippen LogP contribution in [0.5, 0.6) is 0 Å². The summed E-state index contributed by atoms with van der Waals surface area (Å²) in [6, 6.07) is 0.714. The number of nitrogens with zero attached hydrogens (tertiary/aromatic N) is 1. The highest BCUT2D eigenvalue weighted by atomic mass is 15.3. The fourth-order valence-electron chi connectivity index (χ4n) is 1.53. The van der Waals surface area contributed by atoms with Crippen molar-refractivity contribution in [2.45, 2.75) is 45.6 Å². The standard InChI is InChI=1S/C9H16N2/c1-9(2)5-8(6-9)11-10-7-3-4-7/h7,10H,3-6H2,1-2H3. The molecule has 0 bridgehead atoms. The van der Waals surface area contributed by atoms with Gasteiger partial charge >= 0.3 is 0 Å². The summed E-state index contributed by atoms with van der Waals surface area (Å²) in [4.78, 5) is 0. The van der Waals surface area contributed by atoms with E-state index in [1.165, 1.54) is 31.4 Å². The summed E-state index contributed by atoms with van der Waals surface area (Å²) < 4.78 is 0. The van der Waals surface area contributed by atoms with E-state index in [2.05, 4.69) is 24.4 Å². The van der Waals surface area contributed by atoms with Crippen molar-refractivity contribution >= 4 is 5.71 Å². The Morgan fingerprint density at radius 2 is 2.00 bits per heavy atom. The molecule has 2 fully saturated rings. The molecule has 0 spiro atoms. The second kappa shape index (κ2) is 2.23. The maximum absolute atomic E-state index is 4.35. The average Bonchev–Trinajstić information content (AvgIpc) is 2.60. The Bertz CT molecular complexity index is 180. The first kappa shape index (κ1) is 7.14. The minimum Gasteiger partial charge on any atom is -0.307 e. The summed E-state index contributed by atoms with van der Waals surface area (Å²) in [5.41, 5.74) is 5.08. The number of hydrazone groups is 1. The molecule has 11 heavy (non-hydrogen) atoms. The Balaban J connectivity index is 1.75. The predicted molar refractivity (Wildman–Crippen MR) is 46.6 cm³/mol. The van der Waals surface area contributed by atoms with Crippen LogP contribution >= 0.6 is 0 Å². The van der Waals surface area contributed by atoms with Gasteiger partial charge in [0.15, 0.2) is 0 Å². The maximum Gasteiger partial charge on any atom is 0.0441 e. The Hall–Kier alpha value is -0.530. The smallest absolute Gasteiger partial charge is 0.0441 e. The van der Waals surface area contributed by atoms with E-state index in [-0.39, 0.29) is 0 Å². The minimum absolute atomic E-state index is 0.532. The van der Waals surface area contributed by atoms with E-state index in [4.69, 9.17) is 0 Å². The van der Waals surface area contributed by atoms with Crippen molar-refractivity contribution < 1.29 is 0 Å². The molecule has 2 rings (SSSR count). The lowest BCUT2D eigenvalue weighted by molar-refractivity contribution is 0.337. The first-order valence-electron chi connectivity index (χ1n) is 4.47. The summed E-state index contributed by atoms with van der Waals surface area (Å²) in [5.74, 6) is 0. The number of rotatable bonds is 2. The predicted octanol–water partition coefficient (Wildman–Crippen LogP) is 1.91. The molecule has 2 nitrogen and oxygen atoms in total. The zero-order valence-corrected chi connectivity index (χ0v) is 7.35. The van der Waals surface area contributed by atoms with Gasteiger partial charge in [-0.15, -0.1) is 0 Å². The first-order chi connectivity index (χ1) is 5.16. The Morgan fingerprint density at radius 3 is 2.45 bits per heavy atom. The lowest BCUT2D eigenvalue weighted by atomic mass is 9.71. The average molecular weight is 152 g/mol. The quantitative estimate of drug-likeness (QED) is 0.600. The Morgan fingerprint density at radius 1 is 1.36 bits per heavy atom. The number of hydrogen-bond donors (Lipinski definition) is 1. The van der Waals surface area contributed by atoms with Crippen LogP contribution in [-0.4, -0.2) is 11.8 Å². The van der Waals surface area contributed by atoms with E-state index in [1.54, 1.807) is 0 Å². The molecule has 62 valence electrons. The molecule has 0 aromatic heterocycles. The van der Waals surface area contributed by atoms with Gasteiger partial charge < -0.3 is 5.43 Å². The van der Waals surface area contributed by atoms with E-state index in [9.17, 15) is 0 Å². The molecule has 0 aliphatic heterocycles. The fraction of sp³-hybridized carbons (Fsp3) is 0.889. The SMILES string of the molecule is CC1(C)CC(=NNC2CC2)C1. The van der Waals surface area contributed by atoms with Gasteiger partial charge in [0.05, 0.1) is 0 Å². The van der Waals surface area contributed by atoms with Gasteiger partial charge in [-0.05, 0) is 31.1 Å². The third kappa shape index (κ3) is 1.73. The Kier molecular flexibility index (Phi) is 1.44. The highest BCUT2D eigenvalue weighted by Gasteiger charge is 2.33. The van der Waals surface area contributed by atoms with Crippen LogP contribution < -0.4 is 5.43 Å². The minimum atomic E-state index is 0.532. The first-order valence-corrected chi connectivity index (χ1v) is 4.47. The molecule has 0 saturated heterocycles. The third-order valence-electron chi connectivity index (χ3n) is 2.35. The van der Waals surface area contributed by atoms with Crippen LogP contribution in [0.15, 0.2) is 5.10 Å². The van der Waals surface area contributed by atoms with Crippen molar-refractivity contribution in [1.29, 1.82) is 0 Å². The van der Waals surface area contributed by atoms with Gasteiger partial charge in [-0.1, -0.05) is 13.8 Å². The van der Waals surface area contributed by atoms with Crippen molar-refractivity contribution in [3.8, 4) is 0 Å². The van der Waals surface area contributed by atoms with Crippen LogP contribution in [0.25, 0.3) is 0 Å². The van der Waals surface area contributed by atoms with E-state index in [0.29, 0.717) is 11.5 Å². The molecule has 0 unspecified atom stereocenters. The van der Waals surface area contributed by atoms with E-state index in [1.807, 2.05) is 0 Å². The molecule has 0 aromatic rings. The summed E-state index contributed by atoms with van der Waals surface area (Å²) in [6.45, 7) is 4.59. The molecule has 2 aliphatic carbocycles. The van der Waals surface area contributed by atoms with Gasteiger partial charge in [0.2, 0.25) is 0 Å². The molecule has 2 heteroatoms. The zero-order valence-electron chi connectivity index (χ0n) is 7.35. The molecule has 0 heterocycles. The second-order valence-corrected chi connectivity index (χ2v) is 4.60. The molecule has 0 atom stereocenters. The van der Waals surface area contributed by atoms with E-state index < -0.39 is 0 Å². The third-order valence-corrected chi connectivity index (χ3v) is 2.35. The lowest BCUT2D eigenvalue weighted by Gasteiger charge is -2.35. The molecule has 2 saturated carbocycles. The van der Waals surface area contributed by atoms with Crippen LogP contribution in [0.4, 0.5) is 0 Å². The van der Waals surface area contributed by atoms with Crippen molar-refractivity contribution in [3.05, 3.63) is 0 Å². The number of nitrogens with one attached hydrogen (secondary N) is 1. The van der Waals surface area contributed by atoms with Crippen LogP contribution in [-0.2, 0) is 0 Å². The normalized spacial score (nSPS) is 27.6. The molecule has 2 aliphatic rings. The van der Waals surface area contributed by atoms with Gasteiger partial charge in [0.25, 0.3) is 0 Å².